The Morgan fingerprint density at radius 1 is 1.27 bits per heavy atom. The van der Waals surface area contributed by atoms with Gasteiger partial charge in [0.2, 0.25) is 0 Å². The number of hydrogen-bond acceptors (Lipinski definition) is 3. The molecule has 2 aromatic carbocycles. The van der Waals surface area contributed by atoms with E-state index in [9.17, 15) is 9.59 Å². The predicted octanol–water partition coefficient (Wildman–Crippen LogP) is 2.60. The molecular weight excluding hydrogens is 304 g/mol. The molecule has 0 saturated carbocycles. The van der Waals surface area contributed by atoms with Gasteiger partial charge in [0.15, 0.2) is 6.61 Å². The zero-order chi connectivity index (χ0) is 15.5. The molecule has 0 unspecified atom stereocenters. The molecule has 0 radical (unpaired) electrons. The van der Waals surface area contributed by atoms with Crippen molar-refractivity contribution in [1.29, 1.82) is 0 Å². The van der Waals surface area contributed by atoms with Crippen molar-refractivity contribution >= 4 is 29.1 Å². The van der Waals surface area contributed by atoms with Crippen molar-refractivity contribution in [2.75, 3.05) is 11.9 Å². The molecule has 0 atom stereocenters. The van der Waals surface area contributed by atoms with Crippen LogP contribution >= 0.6 is 11.6 Å². The maximum atomic E-state index is 12.2. The molecule has 2 N–H and O–H groups in total. The molecule has 1 aliphatic rings. The van der Waals surface area contributed by atoms with E-state index in [2.05, 4.69) is 10.6 Å². The Labute approximate surface area is 132 Å². The third-order valence-electron chi connectivity index (χ3n) is 3.27. The van der Waals surface area contributed by atoms with Crippen LogP contribution in [0.2, 0.25) is 5.02 Å². The van der Waals surface area contributed by atoms with E-state index in [0.717, 1.165) is 5.56 Å². The van der Waals surface area contributed by atoms with Gasteiger partial charge in [-0.3, -0.25) is 9.59 Å². The van der Waals surface area contributed by atoms with E-state index < -0.39 is 0 Å². The Morgan fingerprint density at radius 3 is 2.91 bits per heavy atom. The maximum absolute atomic E-state index is 12.2. The largest absolute Gasteiger partial charge is 0.482 e. The predicted molar refractivity (Wildman–Crippen MR) is 83.2 cm³/mol. The van der Waals surface area contributed by atoms with Gasteiger partial charge in [-0.25, -0.2) is 0 Å². The number of rotatable bonds is 3. The Kier molecular flexibility index (Phi) is 3.98. The third-order valence-corrected chi connectivity index (χ3v) is 3.64. The van der Waals surface area contributed by atoms with Crippen molar-refractivity contribution in [1.82, 2.24) is 5.32 Å². The number of carbonyl (C=O) groups is 2. The molecule has 112 valence electrons. The maximum Gasteiger partial charge on any atom is 0.262 e. The molecule has 0 saturated heterocycles. The topological polar surface area (TPSA) is 67.4 Å². The summed E-state index contributed by atoms with van der Waals surface area (Å²) in [6.45, 7) is 0.297. The summed E-state index contributed by atoms with van der Waals surface area (Å²) in [4.78, 5) is 23.4. The summed E-state index contributed by atoms with van der Waals surface area (Å²) in [5.74, 6) is 0.0524. The van der Waals surface area contributed by atoms with Crippen LogP contribution < -0.4 is 15.4 Å². The molecule has 2 aromatic rings. The second-order valence-corrected chi connectivity index (χ2v) is 5.23. The van der Waals surface area contributed by atoms with E-state index in [-0.39, 0.29) is 18.4 Å². The fourth-order valence-corrected chi connectivity index (χ4v) is 2.34. The monoisotopic (exact) mass is 316 g/mol. The number of fused-ring (bicyclic) bond motifs is 1. The minimum atomic E-state index is -0.233. The van der Waals surface area contributed by atoms with E-state index in [0.29, 0.717) is 28.6 Å². The van der Waals surface area contributed by atoms with Crippen LogP contribution in [0.1, 0.15) is 15.9 Å². The Balaban J connectivity index is 1.70. The number of hydrogen-bond donors (Lipinski definition) is 2. The molecule has 0 aliphatic carbocycles. The number of nitrogens with one attached hydrogen (secondary N) is 2. The third kappa shape index (κ3) is 3.04. The van der Waals surface area contributed by atoms with Gasteiger partial charge in [0.25, 0.3) is 11.8 Å². The van der Waals surface area contributed by atoms with E-state index >= 15 is 0 Å². The highest BCUT2D eigenvalue weighted by molar-refractivity contribution is 6.31. The zero-order valence-corrected chi connectivity index (χ0v) is 12.3. The molecular formula is C16H13ClN2O3. The highest BCUT2D eigenvalue weighted by atomic mass is 35.5. The summed E-state index contributed by atoms with van der Waals surface area (Å²) < 4.78 is 5.30. The van der Waals surface area contributed by atoms with Gasteiger partial charge in [-0.1, -0.05) is 29.8 Å². The number of benzene rings is 2. The molecule has 2 amide bonds. The van der Waals surface area contributed by atoms with Crippen molar-refractivity contribution in [3.05, 3.63) is 58.6 Å². The molecule has 5 nitrogen and oxygen atoms in total. The molecule has 0 bridgehead atoms. The van der Waals surface area contributed by atoms with Crippen LogP contribution in [0.4, 0.5) is 5.69 Å². The first-order valence-electron chi connectivity index (χ1n) is 6.72. The minimum Gasteiger partial charge on any atom is -0.482 e. The Morgan fingerprint density at radius 2 is 2.09 bits per heavy atom. The summed E-state index contributed by atoms with van der Waals surface area (Å²) in [5, 5.41) is 6.09. The van der Waals surface area contributed by atoms with E-state index in [1.807, 2.05) is 18.2 Å². The summed E-state index contributed by atoms with van der Waals surface area (Å²) in [5.41, 5.74) is 1.87. The van der Waals surface area contributed by atoms with Crippen molar-refractivity contribution in [3.8, 4) is 5.75 Å². The number of ether oxygens (including phenoxy) is 1. The first-order chi connectivity index (χ1) is 10.6. The van der Waals surface area contributed by atoms with Gasteiger partial charge in [-0.2, -0.15) is 0 Å². The van der Waals surface area contributed by atoms with Gasteiger partial charge in [0.05, 0.1) is 5.69 Å². The van der Waals surface area contributed by atoms with Crippen LogP contribution in [-0.2, 0) is 11.3 Å². The van der Waals surface area contributed by atoms with E-state index in [1.165, 1.54) is 0 Å². The van der Waals surface area contributed by atoms with Gasteiger partial charge in [-0.05, 0) is 29.8 Å². The van der Waals surface area contributed by atoms with Gasteiger partial charge in [0, 0.05) is 17.1 Å². The Hall–Kier alpha value is -2.53. The van der Waals surface area contributed by atoms with Crippen LogP contribution in [0.5, 0.6) is 5.75 Å². The first kappa shape index (κ1) is 14.4. The average Bonchev–Trinajstić information content (AvgIpc) is 2.53. The van der Waals surface area contributed by atoms with Crippen LogP contribution in [0.25, 0.3) is 0 Å². The molecule has 1 heterocycles. The normalized spacial score (nSPS) is 12.9. The summed E-state index contributed by atoms with van der Waals surface area (Å²) >= 11 is 6.05. The molecule has 3 rings (SSSR count). The lowest BCUT2D eigenvalue weighted by Crippen LogP contribution is -2.26. The minimum absolute atomic E-state index is 0.0440. The number of amides is 2. The van der Waals surface area contributed by atoms with Gasteiger partial charge in [0.1, 0.15) is 5.75 Å². The number of anilines is 1. The zero-order valence-electron chi connectivity index (χ0n) is 11.6. The molecule has 0 spiro atoms. The highest BCUT2D eigenvalue weighted by Gasteiger charge is 2.17. The SMILES string of the molecule is O=C1COc2cc(C(=O)NCc3ccccc3Cl)ccc2N1. The molecule has 0 aromatic heterocycles. The smallest absolute Gasteiger partial charge is 0.262 e. The number of carbonyl (C=O) groups excluding carboxylic acids is 2. The quantitative estimate of drug-likeness (QED) is 0.914. The molecule has 6 heteroatoms. The van der Waals surface area contributed by atoms with Crippen LogP contribution in [-0.4, -0.2) is 18.4 Å². The van der Waals surface area contributed by atoms with E-state index in [1.54, 1.807) is 24.3 Å². The fourth-order valence-electron chi connectivity index (χ4n) is 2.14. The van der Waals surface area contributed by atoms with Crippen molar-refractivity contribution < 1.29 is 14.3 Å². The second kappa shape index (κ2) is 6.07. The lowest BCUT2D eigenvalue weighted by molar-refractivity contribution is -0.118. The van der Waals surface area contributed by atoms with Crippen molar-refractivity contribution in [2.45, 2.75) is 6.54 Å². The second-order valence-electron chi connectivity index (χ2n) is 4.82. The van der Waals surface area contributed by atoms with Gasteiger partial charge >= 0.3 is 0 Å². The first-order valence-corrected chi connectivity index (χ1v) is 7.09. The standard InChI is InChI=1S/C16H13ClN2O3/c17-12-4-2-1-3-11(12)8-18-16(21)10-5-6-13-14(7-10)22-9-15(20)19-13/h1-7H,8-9H2,(H,18,21)(H,19,20). The highest BCUT2D eigenvalue weighted by Crippen LogP contribution is 2.28. The molecule has 1 aliphatic heterocycles. The van der Waals surface area contributed by atoms with Crippen LogP contribution in [0.3, 0.4) is 0 Å². The summed E-state index contributed by atoms with van der Waals surface area (Å²) in [6, 6.07) is 12.2. The van der Waals surface area contributed by atoms with Crippen LogP contribution in [0.15, 0.2) is 42.5 Å². The van der Waals surface area contributed by atoms with E-state index in [4.69, 9.17) is 16.3 Å². The van der Waals surface area contributed by atoms with Crippen LogP contribution in [0, 0.1) is 0 Å². The molecule has 0 fully saturated rings. The fraction of sp³-hybridized carbons (Fsp3) is 0.125. The van der Waals surface area contributed by atoms with Crippen molar-refractivity contribution in [2.24, 2.45) is 0 Å². The number of halogens is 1. The average molecular weight is 317 g/mol. The molecule has 22 heavy (non-hydrogen) atoms. The van der Waals surface area contributed by atoms with Gasteiger partial charge in [-0.15, -0.1) is 0 Å². The van der Waals surface area contributed by atoms with Crippen molar-refractivity contribution in [3.63, 3.8) is 0 Å². The van der Waals surface area contributed by atoms with Gasteiger partial charge < -0.3 is 15.4 Å². The Bertz CT molecular complexity index is 746. The summed E-state index contributed by atoms with van der Waals surface area (Å²) in [7, 11) is 0. The lowest BCUT2D eigenvalue weighted by atomic mass is 10.1. The lowest BCUT2D eigenvalue weighted by Gasteiger charge is -2.18. The summed E-state index contributed by atoms with van der Waals surface area (Å²) in [6.07, 6.45) is 0.